The summed E-state index contributed by atoms with van der Waals surface area (Å²) in [6, 6.07) is 7.72. The van der Waals surface area contributed by atoms with Gasteiger partial charge in [-0.1, -0.05) is 12.6 Å². The molecule has 3 rings (SSSR count). The zero-order valence-electron chi connectivity index (χ0n) is 14.8. The minimum absolute atomic E-state index is 0.200. The third-order valence-corrected chi connectivity index (χ3v) is 3.63. The number of nitrogens with one attached hydrogen (secondary N) is 1. The minimum Gasteiger partial charge on any atom is -0.447 e. The van der Waals surface area contributed by atoms with Crippen LogP contribution in [-0.4, -0.2) is 39.0 Å². The highest BCUT2D eigenvalue weighted by molar-refractivity contribution is 5.90. The van der Waals surface area contributed by atoms with Gasteiger partial charge >= 0.3 is 0 Å². The quantitative estimate of drug-likeness (QED) is 0.402. The van der Waals surface area contributed by atoms with Gasteiger partial charge in [0.05, 0.1) is 30.1 Å². The summed E-state index contributed by atoms with van der Waals surface area (Å²) in [5, 5.41) is 3.23. The molecule has 26 heavy (non-hydrogen) atoms. The van der Waals surface area contributed by atoms with E-state index in [0.29, 0.717) is 30.6 Å². The van der Waals surface area contributed by atoms with Crippen molar-refractivity contribution in [3.05, 3.63) is 54.7 Å². The molecule has 0 amide bonds. The lowest BCUT2D eigenvalue weighted by atomic mass is 10.3. The first kappa shape index (κ1) is 17.4. The van der Waals surface area contributed by atoms with Crippen LogP contribution >= 0.6 is 0 Å². The van der Waals surface area contributed by atoms with E-state index in [0.717, 1.165) is 16.7 Å². The number of rotatable bonds is 6. The van der Waals surface area contributed by atoms with Gasteiger partial charge in [0.15, 0.2) is 5.82 Å². The van der Waals surface area contributed by atoms with Crippen molar-refractivity contribution in [1.82, 2.24) is 19.5 Å². The molecule has 0 aliphatic rings. The number of ether oxygens (including phenoxy) is 1. The van der Waals surface area contributed by atoms with Crippen LogP contribution in [0.2, 0.25) is 0 Å². The van der Waals surface area contributed by atoms with E-state index in [2.05, 4.69) is 31.8 Å². The third kappa shape index (κ3) is 3.97. The standard InChI is InChI=1S/C18H21N7O/c1-12(2)26-15(20-3)10-22-17-16-14(23-18(19)24-17)7-9-25(16)11-13-6-4-5-8-21-13/h4-9H,1,10-11H2,2-3H3,(H3,19,22,23,24). The zero-order chi connectivity index (χ0) is 18.5. The Morgan fingerprint density at radius 1 is 1.35 bits per heavy atom. The first-order valence-electron chi connectivity index (χ1n) is 8.12. The third-order valence-electron chi connectivity index (χ3n) is 3.63. The lowest BCUT2D eigenvalue weighted by Gasteiger charge is -2.12. The van der Waals surface area contributed by atoms with Crippen molar-refractivity contribution in [3.63, 3.8) is 0 Å². The fraction of sp³-hybridized carbons (Fsp3) is 0.222. The van der Waals surface area contributed by atoms with Crippen LogP contribution in [0.4, 0.5) is 11.8 Å². The monoisotopic (exact) mass is 351 g/mol. The maximum absolute atomic E-state index is 5.85. The van der Waals surface area contributed by atoms with Crippen LogP contribution in [0.15, 0.2) is 54.0 Å². The predicted octanol–water partition coefficient (Wildman–Crippen LogP) is 2.45. The number of anilines is 2. The Hall–Kier alpha value is -3.42. The summed E-state index contributed by atoms with van der Waals surface area (Å²) in [6.45, 7) is 6.45. The number of hydrogen-bond acceptors (Lipinski definition) is 7. The molecular formula is C18H21N7O. The fourth-order valence-corrected chi connectivity index (χ4v) is 2.57. The molecule has 0 saturated heterocycles. The molecule has 3 heterocycles. The first-order valence-corrected chi connectivity index (χ1v) is 8.12. The number of aromatic nitrogens is 4. The summed E-state index contributed by atoms with van der Waals surface area (Å²) < 4.78 is 7.50. The van der Waals surface area contributed by atoms with Gasteiger partial charge in [0.2, 0.25) is 11.8 Å². The van der Waals surface area contributed by atoms with Crippen LogP contribution in [0, 0.1) is 0 Å². The maximum Gasteiger partial charge on any atom is 0.222 e. The number of allylic oxidation sites excluding steroid dienone is 1. The van der Waals surface area contributed by atoms with Gasteiger partial charge in [0.25, 0.3) is 0 Å². The SMILES string of the molecule is C=C(C)OC(CNc1nc(N)nc2ccn(Cc3ccccn3)c12)=NC. The number of nitrogens with zero attached hydrogens (tertiary/aromatic N) is 5. The molecule has 8 nitrogen and oxygen atoms in total. The normalized spacial score (nSPS) is 11.5. The van der Waals surface area contributed by atoms with Crippen molar-refractivity contribution in [2.75, 3.05) is 24.6 Å². The Labute approximate surface area is 151 Å². The Balaban J connectivity index is 1.91. The average Bonchev–Trinajstić information content (AvgIpc) is 3.01. The number of hydrogen-bond donors (Lipinski definition) is 2. The minimum atomic E-state index is 0.200. The van der Waals surface area contributed by atoms with Crippen LogP contribution < -0.4 is 11.1 Å². The second kappa shape index (κ2) is 7.64. The summed E-state index contributed by atoms with van der Waals surface area (Å²) in [5.41, 5.74) is 8.39. The Morgan fingerprint density at radius 2 is 2.19 bits per heavy atom. The van der Waals surface area contributed by atoms with Gasteiger partial charge < -0.3 is 20.4 Å². The van der Waals surface area contributed by atoms with Crippen molar-refractivity contribution in [2.45, 2.75) is 13.5 Å². The van der Waals surface area contributed by atoms with Crippen molar-refractivity contribution in [3.8, 4) is 0 Å². The van der Waals surface area contributed by atoms with Crippen molar-refractivity contribution in [2.24, 2.45) is 4.99 Å². The largest absolute Gasteiger partial charge is 0.447 e. The molecule has 3 N–H and O–H groups in total. The fourth-order valence-electron chi connectivity index (χ4n) is 2.57. The molecule has 0 bridgehead atoms. The van der Waals surface area contributed by atoms with Crippen LogP contribution in [0.25, 0.3) is 11.0 Å². The van der Waals surface area contributed by atoms with Gasteiger partial charge in [-0.3, -0.25) is 9.98 Å². The zero-order valence-corrected chi connectivity index (χ0v) is 14.8. The van der Waals surface area contributed by atoms with Crippen LogP contribution in [-0.2, 0) is 11.3 Å². The van der Waals surface area contributed by atoms with Gasteiger partial charge in [-0.2, -0.15) is 4.98 Å². The second-order valence-corrected chi connectivity index (χ2v) is 5.70. The smallest absolute Gasteiger partial charge is 0.222 e. The van der Waals surface area contributed by atoms with E-state index in [1.165, 1.54) is 0 Å². The molecule has 0 aliphatic carbocycles. The highest BCUT2D eigenvalue weighted by atomic mass is 16.5. The summed E-state index contributed by atoms with van der Waals surface area (Å²) in [7, 11) is 1.66. The van der Waals surface area contributed by atoms with Crippen molar-refractivity contribution < 1.29 is 4.74 Å². The van der Waals surface area contributed by atoms with Gasteiger partial charge in [0.1, 0.15) is 5.52 Å². The number of nitrogens with two attached hydrogens (primary N) is 1. The van der Waals surface area contributed by atoms with E-state index in [9.17, 15) is 0 Å². The molecule has 134 valence electrons. The summed E-state index contributed by atoms with van der Waals surface area (Å²) in [4.78, 5) is 17.1. The van der Waals surface area contributed by atoms with Crippen LogP contribution in [0.1, 0.15) is 12.6 Å². The molecule has 0 unspecified atom stereocenters. The highest BCUT2D eigenvalue weighted by Crippen LogP contribution is 2.23. The van der Waals surface area contributed by atoms with Gasteiger partial charge in [-0.25, -0.2) is 4.98 Å². The number of aliphatic imine (C=N–C) groups is 1. The lowest BCUT2D eigenvalue weighted by Crippen LogP contribution is -2.18. The summed E-state index contributed by atoms with van der Waals surface area (Å²) in [6.07, 6.45) is 3.71. The van der Waals surface area contributed by atoms with Gasteiger partial charge in [-0.15, -0.1) is 0 Å². The van der Waals surface area contributed by atoms with E-state index in [-0.39, 0.29) is 5.95 Å². The number of pyridine rings is 1. The van der Waals surface area contributed by atoms with Crippen molar-refractivity contribution in [1.29, 1.82) is 0 Å². The Bertz CT molecular complexity index is 947. The summed E-state index contributed by atoms with van der Waals surface area (Å²) >= 11 is 0. The maximum atomic E-state index is 5.85. The van der Waals surface area contributed by atoms with Gasteiger partial charge in [-0.05, 0) is 25.1 Å². The summed E-state index contributed by atoms with van der Waals surface area (Å²) in [5.74, 6) is 1.88. The second-order valence-electron chi connectivity index (χ2n) is 5.70. The molecular weight excluding hydrogens is 330 g/mol. The van der Waals surface area contributed by atoms with E-state index < -0.39 is 0 Å². The molecule has 0 fully saturated rings. The molecule has 0 radical (unpaired) electrons. The number of nitrogen functional groups attached to an aromatic ring is 1. The predicted molar refractivity (Wildman–Crippen MR) is 103 cm³/mol. The average molecular weight is 351 g/mol. The first-order chi connectivity index (χ1) is 12.6. The molecule has 0 aromatic carbocycles. The molecule has 3 aromatic heterocycles. The van der Waals surface area contributed by atoms with E-state index >= 15 is 0 Å². The molecule has 0 aliphatic heterocycles. The number of fused-ring (bicyclic) bond motifs is 1. The topological polar surface area (TPSA) is 103 Å². The molecule has 8 heteroatoms. The highest BCUT2D eigenvalue weighted by Gasteiger charge is 2.13. The van der Waals surface area contributed by atoms with E-state index in [1.54, 1.807) is 20.2 Å². The van der Waals surface area contributed by atoms with E-state index in [4.69, 9.17) is 10.5 Å². The lowest BCUT2D eigenvalue weighted by molar-refractivity contribution is 0.413. The molecule has 0 spiro atoms. The van der Waals surface area contributed by atoms with Crippen molar-refractivity contribution >= 4 is 28.7 Å². The Morgan fingerprint density at radius 3 is 2.88 bits per heavy atom. The molecule has 0 saturated carbocycles. The van der Waals surface area contributed by atoms with Crippen LogP contribution in [0.5, 0.6) is 0 Å². The Kier molecular flexibility index (Phi) is 5.12. The molecule has 0 atom stereocenters. The molecule has 3 aromatic rings. The van der Waals surface area contributed by atoms with Gasteiger partial charge in [0, 0.05) is 19.4 Å². The van der Waals surface area contributed by atoms with Crippen LogP contribution in [0.3, 0.4) is 0 Å². The van der Waals surface area contributed by atoms with E-state index in [1.807, 2.05) is 35.0 Å².